The summed E-state index contributed by atoms with van der Waals surface area (Å²) in [5.41, 5.74) is 7.68. The van der Waals surface area contributed by atoms with Crippen LogP contribution in [0.3, 0.4) is 0 Å². The Morgan fingerprint density at radius 1 is 1.45 bits per heavy atom. The van der Waals surface area contributed by atoms with Crippen molar-refractivity contribution < 1.29 is 9.53 Å². The summed E-state index contributed by atoms with van der Waals surface area (Å²) in [6, 6.07) is 5.72. The number of hydrogen-bond donors (Lipinski definition) is 3. The van der Waals surface area contributed by atoms with Crippen LogP contribution in [0.25, 0.3) is 0 Å². The monoisotopic (exact) mass is 418 g/mol. The number of ether oxygens (including phenoxy) is 1. The highest BCUT2D eigenvalue weighted by atomic mass is 127. The van der Waals surface area contributed by atoms with Gasteiger partial charge >= 0.3 is 0 Å². The summed E-state index contributed by atoms with van der Waals surface area (Å²) in [7, 11) is 0. The molecule has 22 heavy (non-hydrogen) atoms. The third kappa shape index (κ3) is 5.70. The second-order valence-corrected chi connectivity index (χ2v) is 4.91. The highest BCUT2D eigenvalue weighted by molar-refractivity contribution is 14.0. The molecule has 0 saturated carbocycles. The van der Waals surface area contributed by atoms with E-state index in [9.17, 15) is 4.79 Å². The highest BCUT2D eigenvalue weighted by Gasteiger charge is 2.14. The smallest absolute Gasteiger partial charge is 0.224 e. The molecule has 0 aliphatic carbocycles. The van der Waals surface area contributed by atoms with Crippen LogP contribution in [0.5, 0.6) is 5.75 Å². The highest BCUT2D eigenvalue weighted by Crippen LogP contribution is 2.26. The quantitative estimate of drug-likeness (QED) is 0.285. The largest absolute Gasteiger partial charge is 0.492 e. The average Bonchev–Trinajstić information content (AvgIpc) is 2.49. The van der Waals surface area contributed by atoms with E-state index in [1.807, 2.05) is 18.2 Å². The van der Waals surface area contributed by atoms with Crippen LogP contribution in [0, 0.1) is 0 Å². The summed E-state index contributed by atoms with van der Waals surface area (Å²) >= 11 is 0. The average molecular weight is 418 g/mol. The van der Waals surface area contributed by atoms with Gasteiger partial charge in [0.05, 0.1) is 6.54 Å². The lowest BCUT2D eigenvalue weighted by Gasteiger charge is -2.17. The van der Waals surface area contributed by atoms with Gasteiger partial charge in [-0.25, -0.2) is 0 Å². The van der Waals surface area contributed by atoms with Gasteiger partial charge in [0.1, 0.15) is 12.4 Å². The lowest BCUT2D eigenvalue weighted by atomic mass is 10.0. The SMILES string of the molecule is CCCN=C(N)NCCOc1ccc2c(c1)CCC(=O)N2.I. The zero-order chi connectivity index (χ0) is 15.1. The predicted molar refractivity (Wildman–Crippen MR) is 99.1 cm³/mol. The van der Waals surface area contributed by atoms with Gasteiger partial charge in [-0.05, 0) is 36.6 Å². The number of fused-ring (bicyclic) bond motifs is 1. The lowest BCUT2D eigenvalue weighted by Crippen LogP contribution is -2.34. The van der Waals surface area contributed by atoms with E-state index >= 15 is 0 Å². The van der Waals surface area contributed by atoms with E-state index in [0.717, 1.165) is 36.4 Å². The molecule has 0 spiro atoms. The fourth-order valence-corrected chi connectivity index (χ4v) is 2.09. The second kappa shape index (κ2) is 9.50. The molecule has 0 bridgehead atoms. The van der Waals surface area contributed by atoms with Crippen molar-refractivity contribution in [2.75, 3.05) is 25.0 Å². The van der Waals surface area contributed by atoms with E-state index in [0.29, 0.717) is 25.5 Å². The van der Waals surface area contributed by atoms with Gasteiger partial charge in [0, 0.05) is 18.7 Å². The van der Waals surface area contributed by atoms with Crippen molar-refractivity contribution >= 4 is 41.5 Å². The van der Waals surface area contributed by atoms with Crippen LogP contribution in [0.15, 0.2) is 23.2 Å². The van der Waals surface area contributed by atoms with Crippen LogP contribution in [-0.4, -0.2) is 31.6 Å². The number of guanidine groups is 1. The minimum Gasteiger partial charge on any atom is -0.492 e. The molecule has 1 aromatic carbocycles. The number of aryl methyl sites for hydroxylation is 1. The number of nitrogens with zero attached hydrogens (tertiary/aromatic N) is 1. The molecule has 0 atom stereocenters. The molecule has 0 unspecified atom stereocenters. The van der Waals surface area contributed by atoms with Crippen molar-refractivity contribution in [1.82, 2.24) is 5.32 Å². The molecule has 122 valence electrons. The fraction of sp³-hybridized carbons (Fsp3) is 0.467. The number of aliphatic imine (C=N–C) groups is 1. The van der Waals surface area contributed by atoms with Gasteiger partial charge in [0.25, 0.3) is 0 Å². The fourth-order valence-electron chi connectivity index (χ4n) is 2.09. The molecule has 2 rings (SSSR count). The summed E-state index contributed by atoms with van der Waals surface area (Å²) in [6.07, 6.45) is 2.26. The minimum atomic E-state index is 0. The van der Waals surface area contributed by atoms with Gasteiger partial charge in [-0.1, -0.05) is 6.92 Å². The summed E-state index contributed by atoms with van der Waals surface area (Å²) in [4.78, 5) is 15.4. The summed E-state index contributed by atoms with van der Waals surface area (Å²) in [5, 5.41) is 5.85. The van der Waals surface area contributed by atoms with E-state index in [2.05, 4.69) is 22.5 Å². The molecule has 0 fully saturated rings. The maximum atomic E-state index is 11.3. The van der Waals surface area contributed by atoms with Crippen LogP contribution in [0.4, 0.5) is 5.69 Å². The van der Waals surface area contributed by atoms with Gasteiger partial charge < -0.3 is 21.1 Å². The molecule has 0 aromatic heterocycles. The minimum absolute atomic E-state index is 0. The molecule has 6 nitrogen and oxygen atoms in total. The van der Waals surface area contributed by atoms with Gasteiger partial charge in [-0.2, -0.15) is 0 Å². The topological polar surface area (TPSA) is 88.7 Å². The molecule has 0 radical (unpaired) electrons. The Balaban J connectivity index is 0.00000242. The van der Waals surface area contributed by atoms with Crippen LogP contribution < -0.4 is 21.1 Å². The van der Waals surface area contributed by atoms with Crippen molar-refractivity contribution in [2.24, 2.45) is 10.7 Å². The third-order valence-corrected chi connectivity index (χ3v) is 3.15. The van der Waals surface area contributed by atoms with E-state index in [1.54, 1.807) is 0 Å². The Morgan fingerprint density at radius 2 is 2.27 bits per heavy atom. The molecule has 1 amide bonds. The van der Waals surface area contributed by atoms with Gasteiger partial charge in [-0.15, -0.1) is 24.0 Å². The van der Waals surface area contributed by atoms with Crippen LogP contribution in [0.1, 0.15) is 25.3 Å². The first-order valence-electron chi connectivity index (χ1n) is 7.28. The Kier molecular flexibility index (Phi) is 8.00. The third-order valence-electron chi connectivity index (χ3n) is 3.15. The van der Waals surface area contributed by atoms with Crippen LogP contribution >= 0.6 is 24.0 Å². The van der Waals surface area contributed by atoms with Crippen LogP contribution in [0.2, 0.25) is 0 Å². The second-order valence-electron chi connectivity index (χ2n) is 4.91. The molecule has 1 aliphatic rings. The Bertz CT molecular complexity index is 534. The number of anilines is 1. The first-order chi connectivity index (χ1) is 10.2. The van der Waals surface area contributed by atoms with E-state index in [-0.39, 0.29) is 29.9 Å². The van der Waals surface area contributed by atoms with Gasteiger partial charge in [-0.3, -0.25) is 9.79 Å². The Hall–Kier alpha value is -1.51. The lowest BCUT2D eigenvalue weighted by molar-refractivity contribution is -0.116. The maximum Gasteiger partial charge on any atom is 0.224 e. The van der Waals surface area contributed by atoms with Crippen molar-refractivity contribution in [3.63, 3.8) is 0 Å². The van der Waals surface area contributed by atoms with Gasteiger partial charge in [0.2, 0.25) is 5.91 Å². The molecular weight excluding hydrogens is 395 g/mol. The summed E-state index contributed by atoms with van der Waals surface area (Å²) < 4.78 is 5.67. The summed E-state index contributed by atoms with van der Waals surface area (Å²) in [6.45, 7) is 3.90. The van der Waals surface area contributed by atoms with E-state index in [4.69, 9.17) is 10.5 Å². The van der Waals surface area contributed by atoms with Crippen molar-refractivity contribution in [3.8, 4) is 5.75 Å². The molecular formula is C15H23IN4O2. The first kappa shape index (κ1) is 18.5. The number of halogens is 1. The molecule has 7 heteroatoms. The molecule has 1 heterocycles. The normalized spacial score (nSPS) is 13.7. The van der Waals surface area contributed by atoms with Crippen molar-refractivity contribution in [2.45, 2.75) is 26.2 Å². The number of nitrogens with one attached hydrogen (secondary N) is 2. The van der Waals surface area contributed by atoms with E-state index in [1.165, 1.54) is 0 Å². The number of carbonyl (C=O) groups excluding carboxylic acids is 1. The predicted octanol–water partition coefficient (Wildman–Crippen LogP) is 1.88. The number of nitrogens with two attached hydrogens (primary N) is 1. The Labute approximate surface area is 147 Å². The first-order valence-corrected chi connectivity index (χ1v) is 7.28. The zero-order valence-electron chi connectivity index (χ0n) is 12.7. The molecule has 4 N–H and O–H groups in total. The Morgan fingerprint density at radius 3 is 3.05 bits per heavy atom. The molecule has 0 saturated heterocycles. The number of rotatable bonds is 6. The summed E-state index contributed by atoms with van der Waals surface area (Å²) in [5.74, 6) is 1.33. The number of hydrogen-bond acceptors (Lipinski definition) is 3. The maximum absolute atomic E-state index is 11.3. The standard InChI is InChI=1S/C15H22N4O2.HI/c1-2-7-17-15(16)18-8-9-21-12-4-5-13-11(10-12)3-6-14(20)19-13;/h4-5,10H,2-3,6-9H2,1H3,(H,19,20)(H3,16,17,18);1H. The number of benzene rings is 1. The van der Waals surface area contributed by atoms with Gasteiger partial charge in [0.15, 0.2) is 5.96 Å². The van der Waals surface area contributed by atoms with Crippen LogP contribution in [-0.2, 0) is 11.2 Å². The number of amides is 1. The molecule has 1 aliphatic heterocycles. The van der Waals surface area contributed by atoms with Crippen molar-refractivity contribution in [3.05, 3.63) is 23.8 Å². The zero-order valence-corrected chi connectivity index (χ0v) is 15.1. The number of carbonyl (C=O) groups is 1. The van der Waals surface area contributed by atoms with E-state index < -0.39 is 0 Å². The van der Waals surface area contributed by atoms with Crippen molar-refractivity contribution in [1.29, 1.82) is 0 Å². The molecule has 1 aromatic rings.